The zero-order chi connectivity index (χ0) is 23.3. The molecule has 31 heavy (non-hydrogen) atoms. The number of nitrogens with zero attached hydrogens (tertiary/aromatic N) is 4. The zero-order valence-electron chi connectivity index (χ0n) is 18.9. The maximum Gasteiger partial charge on any atom is 0.332 e. The molecule has 170 valence electrons. The second-order valence-electron chi connectivity index (χ2n) is 7.28. The molecule has 0 radical (unpaired) electrons. The maximum absolute atomic E-state index is 13.5. The number of hydrogen-bond donors (Lipinski definition) is 0. The van der Waals surface area contributed by atoms with E-state index in [0.29, 0.717) is 25.2 Å². The lowest BCUT2D eigenvalue weighted by Gasteiger charge is -2.26. The Hall–Kier alpha value is -3.01. The van der Waals surface area contributed by atoms with Gasteiger partial charge < -0.3 is 14.4 Å². The molecule has 0 fully saturated rings. The molecular weight excluding hydrogens is 404 g/mol. The molecular formula is C21H30N4O6. The van der Waals surface area contributed by atoms with Crippen molar-refractivity contribution in [3.8, 4) is 0 Å². The molecule has 0 aliphatic rings. The van der Waals surface area contributed by atoms with E-state index in [0.717, 1.165) is 4.57 Å². The number of aryl methyl sites for hydroxylation is 2. The van der Waals surface area contributed by atoms with Crippen LogP contribution in [0.25, 0.3) is 11.0 Å². The van der Waals surface area contributed by atoms with Gasteiger partial charge in [0.25, 0.3) is 11.5 Å². The SMILES string of the molecule is CCOCCN(CC(C)C(=O)OC)C(=O)c1cnc2c(c1CC)c(=O)n(C)c(=O)n2C. The Kier molecular flexibility index (Phi) is 8.09. The first-order valence-electron chi connectivity index (χ1n) is 10.2. The average molecular weight is 434 g/mol. The lowest BCUT2D eigenvalue weighted by atomic mass is 10.0. The summed E-state index contributed by atoms with van der Waals surface area (Å²) in [7, 11) is 4.22. The van der Waals surface area contributed by atoms with Gasteiger partial charge in [0.1, 0.15) is 5.65 Å². The molecule has 0 aliphatic carbocycles. The van der Waals surface area contributed by atoms with E-state index in [-0.39, 0.29) is 35.6 Å². The third-order valence-electron chi connectivity index (χ3n) is 5.26. The monoisotopic (exact) mass is 434 g/mol. The van der Waals surface area contributed by atoms with Crippen LogP contribution in [0, 0.1) is 5.92 Å². The molecule has 2 aromatic rings. The normalized spacial score (nSPS) is 12.1. The largest absolute Gasteiger partial charge is 0.469 e. The van der Waals surface area contributed by atoms with E-state index in [1.807, 2.05) is 13.8 Å². The van der Waals surface area contributed by atoms with Gasteiger partial charge in [0.15, 0.2) is 0 Å². The van der Waals surface area contributed by atoms with Gasteiger partial charge in [-0.05, 0) is 18.9 Å². The first-order valence-corrected chi connectivity index (χ1v) is 10.2. The van der Waals surface area contributed by atoms with Crippen LogP contribution in [0.1, 0.15) is 36.7 Å². The summed E-state index contributed by atoms with van der Waals surface area (Å²) in [5.41, 5.74) is 0.0141. The number of rotatable bonds is 9. The van der Waals surface area contributed by atoms with E-state index in [4.69, 9.17) is 9.47 Å². The second-order valence-corrected chi connectivity index (χ2v) is 7.28. The number of pyridine rings is 1. The summed E-state index contributed by atoms with van der Waals surface area (Å²) in [6, 6.07) is 0. The highest BCUT2D eigenvalue weighted by atomic mass is 16.5. The van der Waals surface area contributed by atoms with Crippen LogP contribution < -0.4 is 11.2 Å². The number of fused-ring (bicyclic) bond motifs is 1. The highest BCUT2D eigenvalue weighted by Crippen LogP contribution is 2.20. The van der Waals surface area contributed by atoms with Crippen molar-refractivity contribution < 1.29 is 19.1 Å². The minimum absolute atomic E-state index is 0.130. The molecule has 0 saturated carbocycles. The van der Waals surface area contributed by atoms with E-state index >= 15 is 0 Å². The highest BCUT2D eigenvalue weighted by molar-refractivity contribution is 5.99. The summed E-state index contributed by atoms with van der Waals surface area (Å²) < 4.78 is 12.5. The Morgan fingerprint density at radius 1 is 1.19 bits per heavy atom. The fourth-order valence-corrected chi connectivity index (χ4v) is 3.51. The van der Waals surface area contributed by atoms with Crippen molar-refractivity contribution >= 4 is 22.9 Å². The first kappa shape index (κ1) is 24.3. The fourth-order valence-electron chi connectivity index (χ4n) is 3.51. The van der Waals surface area contributed by atoms with Crippen molar-refractivity contribution in [1.29, 1.82) is 0 Å². The molecule has 0 aliphatic heterocycles. The molecule has 0 saturated heterocycles. The average Bonchev–Trinajstić information content (AvgIpc) is 2.78. The first-order chi connectivity index (χ1) is 14.7. The molecule has 0 aromatic carbocycles. The topological polar surface area (TPSA) is 113 Å². The van der Waals surface area contributed by atoms with Crippen molar-refractivity contribution in [1.82, 2.24) is 19.0 Å². The molecule has 1 amide bonds. The summed E-state index contributed by atoms with van der Waals surface area (Å²) in [4.78, 5) is 56.2. The summed E-state index contributed by atoms with van der Waals surface area (Å²) >= 11 is 0. The molecule has 0 spiro atoms. The van der Waals surface area contributed by atoms with Crippen LogP contribution >= 0.6 is 0 Å². The van der Waals surface area contributed by atoms with E-state index in [1.54, 1.807) is 6.92 Å². The van der Waals surface area contributed by atoms with Crippen LogP contribution in [0.2, 0.25) is 0 Å². The van der Waals surface area contributed by atoms with Gasteiger partial charge in [-0.2, -0.15) is 0 Å². The van der Waals surface area contributed by atoms with Crippen molar-refractivity contribution in [3.05, 3.63) is 38.2 Å². The molecule has 10 heteroatoms. The molecule has 10 nitrogen and oxygen atoms in total. The minimum Gasteiger partial charge on any atom is -0.469 e. The van der Waals surface area contributed by atoms with Gasteiger partial charge in [-0.15, -0.1) is 0 Å². The maximum atomic E-state index is 13.5. The molecule has 1 unspecified atom stereocenters. The van der Waals surface area contributed by atoms with E-state index in [9.17, 15) is 19.2 Å². The van der Waals surface area contributed by atoms with Gasteiger partial charge in [-0.3, -0.25) is 23.5 Å². The summed E-state index contributed by atoms with van der Waals surface area (Å²) in [5.74, 6) is -1.33. The smallest absolute Gasteiger partial charge is 0.332 e. The van der Waals surface area contributed by atoms with Crippen molar-refractivity contribution in [3.63, 3.8) is 0 Å². The Morgan fingerprint density at radius 3 is 2.45 bits per heavy atom. The summed E-state index contributed by atoms with van der Waals surface area (Å²) in [5, 5.41) is 0.240. The van der Waals surface area contributed by atoms with E-state index in [1.165, 1.54) is 36.9 Å². The van der Waals surface area contributed by atoms with Crippen molar-refractivity contribution in [2.24, 2.45) is 20.0 Å². The Labute approximate surface area is 180 Å². The van der Waals surface area contributed by atoms with Gasteiger partial charge in [0.2, 0.25) is 0 Å². The Morgan fingerprint density at radius 2 is 1.87 bits per heavy atom. The lowest BCUT2D eigenvalue weighted by molar-refractivity contribution is -0.145. The van der Waals surface area contributed by atoms with Gasteiger partial charge in [0, 0.05) is 40.0 Å². The number of hydrogen-bond acceptors (Lipinski definition) is 7. The number of aromatic nitrogens is 3. The number of carbonyl (C=O) groups excluding carboxylic acids is 2. The minimum atomic E-state index is -0.539. The third-order valence-corrected chi connectivity index (χ3v) is 5.26. The van der Waals surface area contributed by atoms with Crippen LogP contribution in [0.15, 0.2) is 15.8 Å². The third kappa shape index (κ3) is 4.84. The van der Waals surface area contributed by atoms with Gasteiger partial charge in [-0.25, -0.2) is 9.78 Å². The van der Waals surface area contributed by atoms with Crippen LogP contribution in [-0.2, 0) is 34.8 Å². The van der Waals surface area contributed by atoms with E-state index in [2.05, 4.69) is 4.98 Å². The Bertz CT molecular complexity index is 1090. The van der Waals surface area contributed by atoms with Gasteiger partial charge >= 0.3 is 11.7 Å². The number of carbonyl (C=O) groups is 2. The number of methoxy groups -OCH3 is 1. The molecule has 1 atom stereocenters. The highest BCUT2D eigenvalue weighted by Gasteiger charge is 2.26. The van der Waals surface area contributed by atoms with Crippen LogP contribution in [-0.4, -0.2) is 64.3 Å². The lowest BCUT2D eigenvalue weighted by Crippen LogP contribution is -2.41. The predicted octanol–water partition coefficient (Wildman–Crippen LogP) is 0.482. The molecule has 0 N–H and O–H groups in total. The predicted molar refractivity (Wildman–Crippen MR) is 115 cm³/mol. The fraction of sp³-hybridized carbons (Fsp3) is 0.571. The zero-order valence-corrected chi connectivity index (χ0v) is 18.9. The summed E-state index contributed by atoms with van der Waals surface area (Å²) in [6.07, 6.45) is 1.78. The van der Waals surface area contributed by atoms with E-state index < -0.39 is 23.1 Å². The van der Waals surface area contributed by atoms with Crippen molar-refractivity contribution in [2.75, 3.05) is 33.4 Å². The van der Waals surface area contributed by atoms with Gasteiger partial charge in [0.05, 0.1) is 30.6 Å². The molecule has 2 rings (SSSR count). The molecule has 2 heterocycles. The summed E-state index contributed by atoms with van der Waals surface area (Å²) in [6.45, 7) is 6.55. The molecule has 2 aromatic heterocycles. The van der Waals surface area contributed by atoms with Crippen LogP contribution in [0.5, 0.6) is 0 Å². The van der Waals surface area contributed by atoms with Gasteiger partial charge in [-0.1, -0.05) is 13.8 Å². The van der Waals surface area contributed by atoms with Crippen molar-refractivity contribution in [2.45, 2.75) is 27.2 Å². The second kappa shape index (κ2) is 10.3. The van der Waals surface area contributed by atoms with Crippen LogP contribution in [0.3, 0.4) is 0 Å². The standard InChI is InChI=1S/C21H30N4O6/c1-7-14-15(11-22-17-16(14)19(27)24(5)21(29)23(17)4)18(26)25(9-10-31-8-2)12-13(3)20(28)30-6/h11,13H,7-10,12H2,1-6H3. The van der Waals surface area contributed by atoms with Crippen LogP contribution in [0.4, 0.5) is 0 Å². The molecule has 0 bridgehead atoms. The number of esters is 1. The quantitative estimate of drug-likeness (QED) is 0.417. The number of ether oxygens (including phenoxy) is 2. The Balaban J connectivity index is 2.60. The number of amides is 1.